The Morgan fingerprint density at radius 3 is 2.75 bits per heavy atom. The third-order valence-corrected chi connectivity index (χ3v) is 5.43. The Kier molecular flexibility index (Phi) is 6.96. The van der Waals surface area contributed by atoms with Crippen molar-refractivity contribution in [3.8, 4) is 5.75 Å². The molecule has 0 saturated carbocycles. The maximum atomic E-state index is 13.7. The van der Waals surface area contributed by atoms with Crippen molar-refractivity contribution >= 4 is 5.95 Å². The molecule has 1 aliphatic heterocycles. The van der Waals surface area contributed by atoms with Crippen LogP contribution < -0.4 is 9.64 Å². The van der Waals surface area contributed by atoms with Gasteiger partial charge in [-0.1, -0.05) is 12.1 Å². The normalized spacial score (nSPS) is 16.8. The summed E-state index contributed by atoms with van der Waals surface area (Å²) in [6, 6.07) is 8.48. The predicted molar refractivity (Wildman–Crippen MR) is 119 cm³/mol. The summed E-state index contributed by atoms with van der Waals surface area (Å²) in [5.41, 5.74) is 2.99. The summed E-state index contributed by atoms with van der Waals surface area (Å²) in [6.45, 7) is 3.38. The van der Waals surface area contributed by atoms with Crippen molar-refractivity contribution in [3.05, 3.63) is 65.5 Å². The molecule has 0 bridgehead atoms. The second kappa shape index (κ2) is 10.1. The van der Waals surface area contributed by atoms with E-state index in [1.807, 2.05) is 49.2 Å². The number of anilines is 1. The summed E-state index contributed by atoms with van der Waals surface area (Å²) in [7, 11) is 5.76. The number of morpholine rings is 1. The van der Waals surface area contributed by atoms with Crippen LogP contribution in [0.1, 0.15) is 23.1 Å². The van der Waals surface area contributed by atoms with Gasteiger partial charge in [0.1, 0.15) is 6.10 Å². The van der Waals surface area contributed by atoms with Crippen LogP contribution >= 0.6 is 0 Å². The van der Waals surface area contributed by atoms with Gasteiger partial charge in [-0.05, 0) is 18.2 Å². The van der Waals surface area contributed by atoms with Crippen LogP contribution in [0, 0.1) is 5.82 Å². The summed E-state index contributed by atoms with van der Waals surface area (Å²) in [5, 5.41) is 4.66. The zero-order valence-corrected chi connectivity index (χ0v) is 18.7. The van der Waals surface area contributed by atoms with Gasteiger partial charge in [0.2, 0.25) is 5.95 Å². The lowest BCUT2D eigenvalue weighted by Crippen LogP contribution is -2.38. The fourth-order valence-corrected chi connectivity index (χ4v) is 3.69. The molecule has 3 heterocycles. The molecule has 1 aromatic carbocycles. The lowest BCUT2D eigenvalue weighted by molar-refractivity contribution is -0.0352. The number of rotatable bonds is 8. The van der Waals surface area contributed by atoms with Crippen LogP contribution in [0.25, 0.3) is 0 Å². The van der Waals surface area contributed by atoms with Gasteiger partial charge in [0, 0.05) is 70.8 Å². The third kappa shape index (κ3) is 5.41. The van der Waals surface area contributed by atoms with E-state index in [1.165, 1.54) is 6.07 Å². The van der Waals surface area contributed by atoms with E-state index in [9.17, 15) is 4.39 Å². The molecule has 1 atom stereocenters. The molecule has 4 rings (SSSR count). The zero-order valence-electron chi connectivity index (χ0n) is 18.7. The fourth-order valence-electron chi connectivity index (χ4n) is 3.69. The number of hydrogen-bond donors (Lipinski definition) is 0. The Balaban J connectivity index is 1.33. The molecule has 0 radical (unpaired) electrons. The molecule has 0 amide bonds. The molecule has 1 saturated heterocycles. The Hall–Kier alpha value is -3.04. The van der Waals surface area contributed by atoms with Crippen molar-refractivity contribution in [2.75, 3.05) is 45.3 Å². The minimum Gasteiger partial charge on any atom is -0.490 e. The Bertz CT molecular complexity index is 1020. The Labute approximate surface area is 187 Å². The lowest BCUT2D eigenvalue weighted by atomic mass is 10.1. The largest absolute Gasteiger partial charge is 0.490 e. The van der Waals surface area contributed by atoms with E-state index in [0.717, 1.165) is 36.6 Å². The van der Waals surface area contributed by atoms with Gasteiger partial charge in [-0.2, -0.15) is 5.10 Å². The standard InChI is InChI=1S/C23H29FN6O2/c1-28(2)23-25-13-17(14-26-23)15-30-9-11-32-22(16-30)20-12-18(29(3)27-20)8-10-31-21-7-5-4-6-19(21)24/h4-7,12-14,22H,8-11,15-16H2,1-3H3/t22-/m0/s1. The number of aromatic nitrogens is 4. The number of hydrogen-bond acceptors (Lipinski definition) is 7. The first kappa shape index (κ1) is 22.2. The van der Waals surface area contributed by atoms with Gasteiger partial charge in [-0.3, -0.25) is 9.58 Å². The van der Waals surface area contributed by atoms with Crippen LogP contribution in [-0.2, 0) is 24.8 Å². The number of ether oxygens (including phenoxy) is 2. The molecule has 3 aromatic rings. The molecule has 9 heteroatoms. The average Bonchev–Trinajstić information content (AvgIpc) is 3.16. The highest BCUT2D eigenvalue weighted by atomic mass is 19.1. The van der Waals surface area contributed by atoms with Crippen LogP contribution in [0.15, 0.2) is 42.7 Å². The van der Waals surface area contributed by atoms with Crippen molar-refractivity contribution in [2.24, 2.45) is 7.05 Å². The molecule has 1 fully saturated rings. The van der Waals surface area contributed by atoms with Gasteiger partial charge < -0.3 is 14.4 Å². The fraction of sp³-hybridized carbons (Fsp3) is 0.435. The number of aryl methyl sites for hydroxylation is 1. The van der Waals surface area contributed by atoms with Gasteiger partial charge in [-0.25, -0.2) is 14.4 Å². The second-order valence-corrected chi connectivity index (χ2v) is 8.09. The lowest BCUT2D eigenvalue weighted by Gasteiger charge is -2.32. The van der Waals surface area contributed by atoms with E-state index in [4.69, 9.17) is 9.47 Å². The van der Waals surface area contributed by atoms with Gasteiger partial charge >= 0.3 is 0 Å². The van der Waals surface area contributed by atoms with E-state index < -0.39 is 0 Å². The molecule has 2 aromatic heterocycles. The Morgan fingerprint density at radius 1 is 1.22 bits per heavy atom. The van der Waals surface area contributed by atoms with Crippen molar-refractivity contribution < 1.29 is 13.9 Å². The molecular weight excluding hydrogens is 411 g/mol. The predicted octanol–water partition coefficient (Wildman–Crippen LogP) is 2.61. The molecule has 0 N–H and O–H groups in total. The second-order valence-electron chi connectivity index (χ2n) is 8.09. The zero-order chi connectivity index (χ0) is 22.5. The first-order chi connectivity index (χ1) is 15.5. The average molecular weight is 441 g/mol. The molecule has 1 aliphatic rings. The highest BCUT2D eigenvalue weighted by molar-refractivity contribution is 5.27. The van der Waals surface area contributed by atoms with Gasteiger partial charge in [0.25, 0.3) is 0 Å². The van der Waals surface area contributed by atoms with Crippen molar-refractivity contribution in [1.29, 1.82) is 0 Å². The topological polar surface area (TPSA) is 68.5 Å². The molecule has 0 unspecified atom stereocenters. The van der Waals surface area contributed by atoms with E-state index >= 15 is 0 Å². The molecule has 8 nitrogen and oxygen atoms in total. The monoisotopic (exact) mass is 440 g/mol. The highest BCUT2D eigenvalue weighted by Crippen LogP contribution is 2.23. The third-order valence-electron chi connectivity index (χ3n) is 5.43. The molecule has 0 spiro atoms. The van der Waals surface area contributed by atoms with Gasteiger partial charge in [0.05, 0.1) is 18.9 Å². The smallest absolute Gasteiger partial charge is 0.224 e. The number of benzene rings is 1. The molecule has 0 aliphatic carbocycles. The van der Waals surface area contributed by atoms with Crippen LogP contribution in [0.3, 0.4) is 0 Å². The molecular formula is C23H29FN6O2. The van der Waals surface area contributed by atoms with Crippen LogP contribution in [0.5, 0.6) is 5.75 Å². The highest BCUT2D eigenvalue weighted by Gasteiger charge is 2.25. The minimum absolute atomic E-state index is 0.0989. The van der Waals surface area contributed by atoms with Crippen molar-refractivity contribution in [3.63, 3.8) is 0 Å². The van der Waals surface area contributed by atoms with Crippen molar-refractivity contribution in [1.82, 2.24) is 24.6 Å². The van der Waals surface area contributed by atoms with Crippen LogP contribution in [0.4, 0.5) is 10.3 Å². The summed E-state index contributed by atoms with van der Waals surface area (Å²) in [6.07, 6.45) is 4.28. The molecule has 32 heavy (non-hydrogen) atoms. The van der Waals surface area contributed by atoms with Gasteiger partial charge in [0.15, 0.2) is 11.6 Å². The van der Waals surface area contributed by atoms with E-state index in [-0.39, 0.29) is 17.7 Å². The summed E-state index contributed by atoms with van der Waals surface area (Å²) in [5.74, 6) is 0.619. The number of halogens is 1. The maximum absolute atomic E-state index is 13.7. The molecule has 170 valence electrons. The maximum Gasteiger partial charge on any atom is 0.224 e. The minimum atomic E-state index is -0.351. The first-order valence-electron chi connectivity index (χ1n) is 10.7. The summed E-state index contributed by atoms with van der Waals surface area (Å²) < 4.78 is 27.2. The van der Waals surface area contributed by atoms with E-state index in [1.54, 1.807) is 18.2 Å². The van der Waals surface area contributed by atoms with E-state index in [2.05, 4.69) is 20.0 Å². The number of para-hydroxylation sites is 1. The summed E-state index contributed by atoms with van der Waals surface area (Å²) >= 11 is 0. The summed E-state index contributed by atoms with van der Waals surface area (Å²) in [4.78, 5) is 13.0. The van der Waals surface area contributed by atoms with Crippen molar-refractivity contribution in [2.45, 2.75) is 19.1 Å². The quantitative estimate of drug-likeness (QED) is 0.533. The Morgan fingerprint density at radius 2 is 2.00 bits per heavy atom. The number of nitrogens with zero attached hydrogens (tertiary/aromatic N) is 6. The first-order valence-corrected chi connectivity index (χ1v) is 10.7. The van der Waals surface area contributed by atoms with Crippen LogP contribution in [0.2, 0.25) is 0 Å². The SMILES string of the molecule is CN(C)c1ncc(CN2CCO[C@H](c3cc(CCOc4ccccc4F)n(C)n3)C2)cn1. The van der Waals surface area contributed by atoms with Gasteiger partial charge in [-0.15, -0.1) is 0 Å². The van der Waals surface area contributed by atoms with Crippen LogP contribution in [-0.4, -0.2) is 65.0 Å². The van der Waals surface area contributed by atoms with E-state index in [0.29, 0.717) is 25.6 Å².